The van der Waals surface area contributed by atoms with Gasteiger partial charge in [-0.3, -0.25) is 4.79 Å². The number of benzene rings is 2. The average molecular weight is 410 g/mol. The predicted octanol–water partition coefficient (Wildman–Crippen LogP) is 1.24. The standard InChI is InChI=1S/C19H18N6O5/c1-27-14-5-3-13(16(8-14)28-2)9-20-21-18(26)10-25-19(22-23-24-25)12-4-6-15-17(7-12)30-11-29-15/h3-9H,10-11H2,1-2H3,(H,21,26)/b20-9+. The number of hydrazone groups is 1. The van der Waals surface area contributed by atoms with Gasteiger partial charge in [0.25, 0.3) is 5.91 Å². The Hall–Kier alpha value is -4.15. The summed E-state index contributed by atoms with van der Waals surface area (Å²) in [6.07, 6.45) is 1.48. The summed E-state index contributed by atoms with van der Waals surface area (Å²) >= 11 is 0. The number of aromatic nitrogens is 4. The van der Waals surface area contributed by atoms with Gasteiger partial charge in [-0.15, -0.1) is 5.10 Å². The molecule has 2 heterocycles. The number of tetrazole rings is 1. The van der Waals surface area contributed by atoms with Crippen molar-refractivity contribution in [3.63, 3.8) is 0 Å². The minimum atomic E-state index is -0.395. The summed E-state index contributed by atoms with van der Waals surface area (Å²) in [5, 5.41) is 15.5. The molecule has 2 aromatic carbocycles. The highest BCUT2D eigenvalue weighted by Gasteiger charge is 2.18. The first-order valence-corrected chi connectivity index (χ1v) is 8.88. The molecule has 1 aromatic heterocycles. The Labute approximate surface area is 171 Å². The molecule has 0 radical (unpaired) electrons. The molecule has 0 atom stereocenters. The molecule has 1 amide bonds. The minimum absolute atomic E-state index is 0.117. The summed E-state index contributed by atoms with van der Waals surface area (Å²) < 4.78 is 22.5. The van der Waals surface area contributed by atoms with E-state index in [1.807, 2.05) is 0 Å². The highest BCUT2D eigenvalue weighted by molar-refractivity contribution is 5.85. The van der Waals surface area contributed by atoms with Crippen LogP contribution in [0.15, 0.2) is 41.5 Å². The summed E-state index contributed by atoms with van der Waals surface area (Å²) in [6, 6.07) is 10.6. The van der Waals surface area contributed by atoms with Gasteiger partial charge in [-0.25, -0.2) is 10.1 Å². The first-order chi connectivity index (χ1) is 14.7. The van der Waals surface area contributed by atoms with Crippen LogP contribution < -0.4 is 24.4 Å². The van der Waals surface area contributed by atoms with Gasteiger partial charge >= 0.3 is 0 Å². The maximum Gasteiger partial charge on any atom is 0.261 e. The largest absolute Gasteiger partial charge is 0.497 e. The van der Waals surface area contributed by atoms with Crippen LogP contribution in [0.1, 0.15) is 5.56 Å². The van der Waals surface area contributed by atoms with Crippen molar-refractivity contribution in [3.8, 4) is 34.4 Å². The molecule has 0 saturated heterocycles. The molecule has 0 saturated carbocycles. The summed E-state index contributed by atoms with van der Waals surface area (Å²) in [5.74, 6) is 2.50. The van der Waals surface area contributed by atoms with Crippen LogP contribution in [0.25, 0.3) is 11.4 Å². The molecule has 4 rings (SSSR count). The van der Waals surface area contributed by atoms with Crippen LogP contribution in [-0.4, -0.2) is 53.3 Å². The second kappa shape index (κ2) is 8.47. The van der Waals surface area contributed by atoms with Crippen molar-refractivity contribution in [2.75, 3.05) is 21.0 Å². The highest BCUT2D eigenvalue weighted by Crippen LogP contribution is 2.35. The van der Waals surface area contributed by atoms with E-state index >= 15 is 0 Å². The van der Waals surface area contributed by atoms with Crippen LogP contribution in [0.5, 0.6) is 23.0 Å². The van der Waals surface area contributed by atoms with E-state index in [2.05, 4.69) is 26.1 Å². The van der Waals surface area contributed by atoms with E-state index < -0.39 is 5.91 Å². The smallest absolute Gasteiger partial charge is 0.261 e. The lowest BCUT2D eigenvalue weighted by Crippen LogP contribution is -2.24. The van der Waals surface area contributed by atoms with Crippen LogP contribution in [-0.2, 0) is 11.3 Å². The summed E-state index contributed by atoms with van der Waals surface area (Å²) in [4.78, 5) is 12.3. The number of hydrogen-bond acceptors (Lipinski definition) is 9. The molecule has 0 aliphatic carbocycles. The molecule has 0 unspecified atom stereocenters. The SMILES string of the molecule is COc1ccc(/C=N/NC(=O)Cn2nnnc2-c2ccc3c(c2)OCO3)c(OC)c1. The maximum atomic E-state index is 12.3. The van der Waals surface area contributed by atoms with Crippen molar-refractivity contribution >= 4 is 12.1 Å². The fourth-order valence-electron chi connectivity index (χ4n) is 2.82. The lowest BCUT2D eigenvalue weighted by atomic mass is 10.2. The van der Waals surface area contributed by atoms with Crippen molar-refractivity contribution in [2.24, 2.45) is 5.10 Å². The van der Waals surface area contributed by atoms with Crippen molar-refractivity contribution in [1.82, 2.24) is 25.6 Å². The first-order valence-electron chi connectivity index (χ1n) is 8.88. The number of methoxy groups -OCH3 is 2. The van der Waals surface area contributed by atoms with Crippen LogP contribution in [0.2, 0.25) is 0 Å². The Bertz CT molecular complexity index is 1100. The highest BCUT2D eigenvalue weighted by atomic mass is 16.7. The van der Waals surface area contributed by atoms with Crippen LogP contribution >= 0.6 is 0 Å². The van der Waals surface area contributed by atoms with E-state index in [1.54, 1.807) is 50.6 Å². The van der Waals surface area contributed by atoms with E-state index in [4.69, 9.17) is 18.9 Å². The fourth-order valence-corrected chi connectivity index (χ4v) is 2.82. The Morgan fingerprint density at radius 2 is 2.07 bits per heavy atom. The normalized spacial score (nSPS) is 12.2. The van der Waals surface area contributed by atoms with E-state index in [9.17, 15) is 4.79 Å². The van der Waals surface area contributed by atoms with E-state index in [-0.39, 0.29) is 13.3 Å². The van der Waals surface area contributed by atoms with Crippen molar-refractivity contribution in [1.29, 1.82) is 0 Å². The zero-order valence-electron chi connectivity index (χ0n) is 16.2. The average Bonchev–Trinajstić information content (AvgIpc) is 3.42. The van der Waals surface area contributed by atoms with Crippen molar-refractivity contribution in [2.45, 2.75) is 6.54 Å². The van der Waals surface area contributed by atoms with Crippen LogP contribution in [0.4, 0.5) is 0 Å². The Morgan fingerprint density at radius 1 is 1.20 bits per heavy atom. The third-order valence-electron chi connectivity index (χ3n) is 4.29. The second-order valence-electron chi connectivity index (χ2n) is 6.13. The van der Waals surface area contributed by atoms with Gasteiger partial charge in [0.1, 0.15) is 18.0 Å². The topological polar surface area (TPSA) is 122 Å². The number of rotatable bonds is 7. The molecule has 1 aliphatic rings. The van der Waals surface area contributed by atoms with Gasteiger partial charge < -0.3 is 18.9 Å². The van der Waals surface area contributed by atoms with Gasteiger partial charge in [-0.2, -0.15) is 5.10 Å². The fraction of sp³-hybridized carbons (Fsp3) is 0.211. The number of carbonyl (C=O) groups is 1. The Balaban J connectivity index is 1.42. The lowest BCUT2D eigenvalue weighted by molar-refractivity contribution is -0.121. The number of fused-ring (bicyclic) bond motifs is 1. The van der Waals surface area contributed by atoms with Gasteiger partial charge in [0, 0.05) is 17.2 Å². The molecule has 30 heavy (non-hydrogen) atoms. The van der Waals surface area contributed by atoms with Crippen LogP contribution in [0, 0.1) is 0 Å². The van der Waals surface area contributed by atoms with Crippen LogP contribution in [0.3, 0.4) is 0 Å². The van der Waals surface area contributed by atoms with Gasteiger partial charge in [0.15, 0.2) is 17.3 Å². The molecule has 0 fully saturated rings. The molecule has 11 nitrogen and oxygen atoms in total. The van der Waals surface area contributed by atoms with Crippen molar-refractivity contribution < 1.29 is 23.7 Å². The molecule has 1 aliphatic heterocycles. The number of nitrogens with one attached hydrogen (secondary N) is 1. The number of nitrogens with zero attached hydrogens (tertiary/aromatic N) is 5. The summed E-state index contributed by atoms with van der Waals surface area (Å²) in [7, 11) is 3.11. The second-order valence-corrected chi connectivity index (χ2v) is 6.13. The third kappa shape index (κ3) is 3.99. The summed E-state index contributed by atoms with van der Waals surface area (Å²) in [5.41, 5.74) is 3.83. The van der Waals surface area contributed by atoms with Gasteiger partial charge in [-0.05, 0) is 40.8 Å². The molecule has 0 spiro atoms. The number of carbonyl (C=O) groups excluding carboxylic acids is 1. The molecule has 11 heteroatoms. The monoisotopic (exact) mass is 410 g/mol. The first kappa shape index (κ1) is 19.2. The van der Waals surface area contributed by atoms with Gasteiger partial charge in [0.05, 0.1) is 20.4 Å². The van der Waals surface area contributed by atoms with Gasteiger partial charge in [-0.1, -0.05) is 0 Å². The number of ether oxygens (including phenoxy) is 4. The molecule has 1 N–H and O–H groups in total. The molecule has 154 valence electrons. The quantitative estimate of drug-likeness (QED) is 0.456. The minimum Gasteiger partial charge on any atom is -0.497 e. The molecule has 3 aromatic rings. The zero-order chi connectivity index (χ0) is 20.9. The van der Waals surface area contributed by atoms with Crippen molar-refractivity contribution in [3.05, 3.63) is 42.0 Å². The Kier molecular flexibility index (Phi) is 5.42. The molecular formula is C19H18N6O5. The number of hydrogen-bond donors (Lipinski definition) is 1. The lowest BCUT2D eigenvalue weighted by Gasteiger charge is -2.07. The van der Waals surface area contributed by atoms with E-state index in [1.165, 1.54) is 10.9 Å². The van der Waals surface area contributed by atoms with E-state index in [0.717, 1.165) is 0 Å². The number of amides is 1. The molecule has 0 bridgehead atoms. The molecular weight excluding hydrogens is 392 g/mol. The van der Waals surface area contributed by atoms with Gasteiger partial charge in [0.2, 0.25) is 6.79 Å². The van der Waals surface area contributed by atoms with E-state index in [0.29, 0.717) is 39.9 Å². The predicted molar refractivity (Wildman–Crippen MR) is 105 cm³/mol. The summed E-state index contributed by atoms with van der Waals surface area (Å²) in [6.45, 7) is 0.0526. The Morgan fingerprint density at radius 3 is 2.90 bits per heavy atom. The third-order valence-corrected chi connectivity index (χ3v) is 4.29. The zero-order valence-corrected chi connectivity index (χ0v) is 16.2. The maximum absolute atomic E-state index is 12.3.